The van der Waals surface area contributed by atoms with Crippen LogP contribution in [0, 0.1) is 10.1 Å². The molecule has 1 aliphatic rings. The Hall–Kier alpha value is -3.98. The summed E-state index contributed by atoms with van der Waals surface area (Å²) in [6, 6.07) is 16.4. The molecule has 0 aromatic heterocycles. The van der Waals surface area contributed by atoms with E-state index in [0.29, 0.717) is 11.3 Å². The van der Waals surface area contributed by atoms with Gasteiger partial charge >= 0.3 is 0 Å². The van der Waals surface area contributed by atoms with Gasteiger partial charge in [-0.05, 0) is 60.7 Å². The predicted octanol–water partition coefficient (Wildman–Crippen LogP) is 5.45. The van der Waals surface area contributed by atoms with Gasteiger partial charge in [0.2, 0.25) is 0 Å². The Morgan fingerprint density at radius 1 is 1.09 bits per heavy atom. The van der Waals surface area contributed by atoms with Crippen LogP contribution < -0.4 is 4.74 Å². The lowest BCUT2D eigenvalue weighted by atomic mass is 10.0. The topological polar surface area (TPSA) is 107 Å². The Kier molecular flexibility index (Phi) is 6.47. The molecule has 1 aliphatic heterocycles. The minimum Gasteiger partial charge on any atom is -0.490 e. The van der Waals surface area contributed by atoms with Crippen molar-refractivity contribution in [3.05, 3.63) is 86.8 Å². The molecular formula is C25H20N2O6S. The number of ether oxygens (including phenoxy) is 1. The summed E-state index contributed by atoms with van der Waals surface area (Å²) in [5.74, 6) is -0.483. The molecule has 3 aromatic rings. The molecule has 34 heavy (non-hydrogen) atoms. The molecule has 0 N–H and O–H groups in total. The van der Waals surface area contributed by atoms with Gasteiger partial charge in [-0.2, -0.15) is 0 Å². The van der Waals surface area contributed by atoms with Gasteiger partial charge in [0.05, 0.1) is 22.5 Å². The number of Topliss-reactive ketones (excluding diaryl/α,β-unsaturated/α-hetero) is 1. The average molecular weight is 477 g/mol. The zero-order chi connectivity index (χ0) is 24.4. The van der Waals surface area contributed by atoms with Gasteiger partial charge in [0.1, 0.15) is 5.75 Å². The summed E-state index contributed by atoms with van der Waals surface area (Å²) in [5, 5.41) is 12.1. The first kappa shape index (κ1) is 23.2. The third kappa shape index (κ3) is 4.69. The third-order valence-electron chi connectivity index (χ3n) is 5.14. The third-order valence-corrected chi connectivity index (χ3v) is 6.05. The highest BCUT2D eigenvalue weighted by atomic mass is 32.2. The number of carbonyl (C=O) groups excluding carboxylic acids is 3. The van der Waals surface area contributed by atoms with Crippen molar-refractivity contribution < 1.29 is 24.0 Å². The standard InChI is InChI=1S/C25H20N2O6S/c1-15(2)33-22-12-9-16-5-3-4-6-19(16)20(22)13-23-24(29)26(25(30)34-23)14-21(28)17-7-10-18(11-8-17)27(31)32/h3-13,15H,14H2,1-2H3/b23-13+. The maximum Gasteiger partial charge on any atom is 0.293 e. The van der Waals surface area contributed by atoms with Crippen LogP contribution in [0.5, 0.6) is 5.75 Å². The molecule has 1 fully saturated rings. The molecule has 0 saturated carbocycles. The van der Waals surface area contributed by atoms with Gasteiger partial charge in [0, 0.05) is 23.3 Å². The lowest BCUT2D eigenvalue weighted by Crippen LogP contribution is -2.33. The van der Waals surface area contributed by atoms with Crippen molar-refractivity contribution >= 4 is 51.2 Å². The lowest BCUT2D eigenvalue weighted by molar-refractivity contribution is -0.384. The second-order valence-electron chi connectivity index (χ2n) is 7.86. The first-order chi connectivity index (χ1) is 16.2. The average Bonchev–Trinajstić information content (AvgIpc) is 3.07. The maximum absolute atomic E-state index is 13.0. The number of hydrogen-bond donors (Lipinski definition) is 0. The van der Waals surface area contributed by atoms with Gasteiger partial charge in [0.25, 0.3) is 16.8 Å². The molecule has 2 amide bonds. The Labute approximate surface area is 199 Å². The van der Waals surface area contributed by atoms with Crippen LogP contribution in [0.1, 0.15) is 29.8 Å². The number of fused-ring (bicyclic) bond motifs is 1. The van der Waals surface area contributed by atoms with Crippen molar-refractivity contribution in [2.45, 2.75) is 20.0 Å². The van der Waals surface area contributed by atoms with Crippen LogP contribution >= 0.6 is 11.8 Å². The number of rotatable bonds is 7. The van der Waals surface area contributed by atoms with Crippen LogP contribution in [-0.4, -0.2) is 39.4 Å². The number of thioether (sulfide) groups is 1. The van der Waals surface area contributed by atoms with Crippen molar-refractivity contribution in [2.75, 3.05) is 6.54 Å². The van der Waals surface area contributed by atoms with E-state index in [4.69, 9.17) is 4.74 Å². The smallest absolute Gasteiger partial charge is 0.293 e. The molecule has 0 bridgehead atoms. The van der Waals surface area contributed by atoms with E-state index in [1.54, 1.807) is 6.08 Å². The number of nitro benzene ring substituents is 1. The lowest BCUT2D eigenvalue weighted by Gasteiger charge is -2.15. The molecule has 8 nitrogen and oxygen atoms in total. The number of hydrogen-bond acceptors (Lipinski definition) is 7. The zero-order valence-corrected chi connectivity index (χ0v) is 19.2. The van der Waals surface area contributed by atoms with E-state index in [2.05, 4.69) is 0 Å². The highest BCUT2D eigenvalue weighted by Gasteiger charge is 2.36. The number of imide groups is 1. The van der Waals surface area contributed by atoms with Gasteiger partial charge in [-0.3, -0.25) is 29.4 Å². The summed E-state index contributed by atoms with van der Waals surface area (Å²) in [6.07, 6.45) is 1.53. The largest absolute Gasteiger partial charge is 0.490 e. The fourth-order valence-electron chi connectivity index (χ4n) is 3.55. The van der Waals surface area contributed by atoms with Crippen molar-refractivity contribution in [3.8, 4) is 5.75 Å². The number of nitro groups is 1. The summed E-state index contributed by atoms with van der Waals surface area (Å²) < 4.78 is 5.94. The quantitative estimate of drug-likeness (QED) is 0.193. The Bertz CT molecular complexity index is 1350. The molecule has 4 rings (SSSR count). The van der Waals surface area contributed by atoms with Gasteiger partial charge in [0.15, 0.2) is 5.78 Å². The Balaban J connectivity index is 1.63. The first-order valence-corrected chi connectivity index (χ1v) is 11.3. The van der Waals surface area contributed by atoms with Crippen LogP contribution in [0.3, 0.4) is 0 Å². The summed E-state index contributed by atoms with van der Waals surface area (Å²) >= 11 is 0.758. The number of benzene rings is 3. The monoisotopic (exact) mass is 476 g/mol. The molecule has 1 saturated heterocycles. The van der Waals surface area contributed by atoms with E-state index >= 15 is 0 Å². The number of amides is 2. The van der Waals surface area contributed by atoms with Crippen molar-refractivity contribution in [3.63, 3.8) is 0 Å². The molecule has 0 spiro atoms. The molecule has 0 radical (unpaired) electrons. The van der Waals surface area contributed by atoms with Crippen LogP contribution in [0.2, 0.25) is 0 Å². The maximum atomic E-state index is 13.0. The van der Waals surface area contributed by atoms with Crippen molar-refractivity contribution in [2.24, 2.45) is 0 Å². The molecule has 3 aromatic carbocycles. The Morgan fingerprint density at radius 2 is 1.79 bits per heavy atom. The van der Waals surface area contributed by atoms with E-state index in [-0.39, 0.29) is 22.3 Å². The summed E-state index contributed by atoms with van der Waals surface area (Å²) in [4.78, 5) is 49.5. The van der Waals surface area contributed by atoms with Crippen LogP contribution in [0.4, 0.5) is 10.5 Å². The minimum atomic E-state index is -0.575. The van der Waals surface area contributed by atoms with Crippen molar-refractivity contribution in [1.82, 2.24) is 4.90 Å². The zero-order valence-electron chi connectivity index (χ0n) is 18.4. The molecule has 172 valence electrons. The SMILES string of the molecule is CC(C)Oc1ccc2ccccc2c1/C=C1/SC(=O)N(CC(=O)c2ccc([N+](=O)[O-])cc2)C1=O. The van der Waals surface area contributed by atoms with Gasteiger partial charge < -0.3 is 4.74 Å². The van der Waals surface area contributed by atoms with Gasteiger partial charge in [-0.15, -0.1) is 0 Å². The fourth-order valence-corrected chi connectivity index (χ4v) is 4.37. The van der Waals surface area contributed by atoms with Gasteiger partial charge in [-0.25, -0.2) is 0 Å². The summed E-state index contributed by atoms with van der Waals surface area (Å²) in [5.41, 5.74) is 0.703. The first-order valence-electron chi connectivity index (χ1n) is 10.5. The fraction of sp³-hybridized carbons (Fsp3) is 0.160. The molecule has 0 atom stereocenters. The summed E-state index contributed by atoms with van der Waals surface area (Å²) in [6.45, 7) is 3.35. The van der Waals surface area contributed by atoms with Crippen LogP contribution in [-0.2, 0) is 4.79 Å². The van der Waals surface area contributed by atoms with Crippen LogP contribution in [0.15, 0.2) is 65.6 Å². The number of ketones is 1. The molecule has 9 heteroatoms. The Morgan fingerprint density at radius 3 is 2.47 bits per heavy atom. The van der Waals surface area contributed by atoms with E-state index in [1.165, 1.54) is 24.3 Å². The number of non-ortho nitro benzene ring substituents is 1. The van der Waals surface area contributed by atoms with Crippen molar-refractivity contribution in [1.29, 1.82) is 0 Å². The molecule has 1 heterocycles. The van der Waals surface area contributed by atoms with Gasteiger partial charge in [-0.1, -0.05) is 30.3 Å². The van der Waals surface area contributed by atoms with E-state index in [9.17, 15) is 24.5 Å². The van der Waals surface area contributed by atoms with E-state index in [0.717, 1.165) is 27.4 Å². The van der Waals surface area contributed by atoms with Crippen LogP contribution in [0.25, 0.3) is 16.8 Å². The highest BCUT2D eigenvalue weighted by molar-refractivity contribution is 8.18. The number of nitrogens with zero attached hydrogens (tertiary/aromatic N) is 2. The molecule has 0 aliphatic carbocycles. The second-order valence-corrected chi connectivity index (χ2v) is 8.85. The van der Waals surface area contributed by atoms with E-state index in [1.807, 2.05) is 50.2 Å². The predicted molar refractivity (Wildman–Crippen MR) is 130 cm³/mol. The normalized spacial score (nSPS) is 14.9. The molecule has 0 unspecified atom stereocenters. The highest BCUT2D eigenvalue weighted by Crippen LogP contribution is 2.37. The number of carbonyl (C=O) groups is 3. The molecular weight excluding hydrogens is 456 g/mol. The summed E-state index contributed by atoms with van der Waals surface area (Å²) in [7, 11) is 0. The minimum absolute atomic E-state index is 0.0947. The second kappa shape index (κ2) is 9.48. The van der Waals surface area contributed by atoms with E-state index < -0.39 is 28.4 Å².